The number of rotatable bonds is 5. The Kier molecular flexibility index (Phi) is 4.88. The van der Waals surface area contributed by atoms with Crippen LogP contribution in [0.4, 0.5) is 13.6 Å². The summed E-state index contributed by atoms with van der Waals surface area (Å²) in [6.07, 6.45) is 1.01. The number of hydrogen-bond acceptors (Lipinski definition) is 4. The maximum atomic E-state index is 14.0. The van der Waals surface area contributed by atoms with Crippen molar-refractivity contribution >= 4 is 12.0 Å². The van der Waals surface area contributed by atoms with E-state index in [1.165, 1.54) is 21.8 Å². The van der Waals surface area contributed by atoms with Gasteiger partial charge in [0.2, 0.25) is 5.91 Å². The van der Waals surface area contributed by atoms with Crippen molar-refractivity contribution in [2.45, 2.75) is 19.9 Å². The van der Waals surface area contributed by atoms with E-state index in [0.29, 0.717) is 17.8 Å². The van der Waals surface area contributed by atoms with Crippen LogP contribution in [0.15, 0.2) is 24.4 Å². The fourth-order valence-electron chi connectivity index (χ4n) is 2.85. The van der Waals surface area contributed by atoms with Gasteiger partial charge in [-0.2, -0.15) is 5.10 Å². The lowest BCUT2D eigenvalue weighted by atomic mass is 10.1. The summed E-state index contributed by atoms with van der Waals surface area (Å²) >= 11 is 0. The summed E-state index contributed by atoms with van der Waals surface area (Å²) in [7, 11) is 0. The van der Waals surface area contributed by atoms with Gasteiger partial charge >= 0.3 is 6.09 Å². The standard InChI is InChI=1S/C17H18F2N4O3/c1-10(21-16(24)9-22-5-6-26-17(22)25)13-8-20-23(11(13)2)15-4-3-12(18)7-14(15)19/h3-4,7-8,10H,5-6,9H2,1-2H3,(H,21,24)/t10-/m0/s1. The molecule has 1 atom stereocenters. The van der Waals surface area contributed by atoms with E-state index in [-0.39, 0.29) is 24.7 Å². The number of cyclic esters (lactones) is 1. The minimum absolute atomic E-state index is 0.0943. The molecule has 0 radical (unpaired) electrons. The molecule has 2 aromatic rings. The first kappa shape index (κ1) is 17.8. The maximum absolute atomic E-state index is 14.0. The molecule has 0 saturated carbocycles. The van der Waals surface area contributed by atoms with Crippen LogP contribution in [0.3, 0.4) is 0 Å². The van der Waals surface area contributed by atoms with Crippen LogP contribution in [0.25, 0.3) is 5.69 Å². The molecule has 1 fully saturated rings. The maximum Gasteiger partial charge on any atom is 0.410 e. The average Bonchev–Trinajstić information content (AvgIpc) is 3.14. The molecule has 7 nitrogen and oxygen atoms in total. The number of hydrogen-bond donors (Lipinski definition) is 1. The van der Waals surface area contributed by atoms with E-state index >= 15 is 0 Å². The third-order valence-electron chi connectivity index (χ3n) is 4.21. The number of carbonyl (C=O) groups is 2. The second kappa shape index (κ2) is 7.11. The van der Waals surface area contributed by atoms with Crippen LogP contribution in [0.5, 0.6) is 0 Å². The van der Waals surface area contributed by atoms with Gasteiger partial charge in [0, 0.05) is 17.3 Å². The Bertz CT molecular complexity index is 853. The molecule has 0 bridgehead atoms. The van der Waals surface area contributed by atoms with E-state index < -0.39 is 23.8 Å². The van der Waals surface area contributed by atoms with E-state index in [0.717, 1.165) is 12.1 Å². The van der Waals surface area contributed by atoms with Gasteiger partial charge in [0.05, 0.1) is 18.8 Å². The van der Waals surface area contributed by atoms with Crippen molar-refractivity contribution in [3.8, 4) is 5.69 Å². The molecule has 1 aromatic carbocycles. The Morgan fingerprint density at radius 2 is 2.19 bits per heavy atom. The highest BCUT2D eigenvalue weighted by molar-refractivity contribution is 5.83. The predicted octanol–water partition coefficient (Wildman–Crippen LogP) is 2.09. The van der Waals surface area contributed by atoms with Crippen molar-refractivity contribution < 1.29 is 23.1 Å². The van der Waals surface area contributed by atoms with E-state index in [2.05, 4.69) is 10.4 Å². The highest BCUT2D eigenvalue weighted by Gasteiger charge is 2.25. The van der Waals surface area contributed by atoms with Crippen LogP contribution < -0.4 is 5.32 Å². The minimum atomic E-state index is -0.730. The predicted molar refractivity (Wildman–Crippen MR) is 87.7 cm³/mol. The van der Waals surface area contributed by atoms with Gasteiger partial charge in [0.15, 0.2) is 5.82 Å². The Labute approximate surface area is 148 Å². The summed E-state index contributed by atoms with van der Waals surface area (Å²) in [4.78, 5) is 24.8. The molecule has 2 amide bonds. The first-order valence-corrected chi connectivity index (χ1v) is 8.08. The fourth-order valence-corrected chi connectivity index (χ4v) is 2.85. The van der Waals surface area contributed by atoms with E-state index in [1.54, 1.807) is 13.8 Å². The molecule has 0 spiro atoms. The third-order valence-corrected chi connectivity index (χ3v) is 4.21. The zero-order chi connectivity index (χ0) is 18.8. The second-order valence-corrected chi connectivity index (χ2v) is 6.02. The number of halogens is 2. The van der Waals surface area contributed by atoms with Gasteiger partial charge in [-0.05, 0) is 26.0 Å². The lowest BCUT2D eigenvalue weighted by Crippen LogP contribution is -2.38. The van der Waals surface area contributed by atoms with E-state index in [4.69, 9.17) is 4.74 Å². The number of amides is 2. The van der Waals surface area contributed by atoms with Crippen molar-refractivity contribution in [3.63, 3.8) is 0 Å². The first-order valence-electron chi connectivity index (χ1n) is 8.08. The molecule has 138 valence electrons. The molecule has 1 aliphatic rings. The van der Waals surface area contributed by atoms with Crippen LogP contribution in [-0.4, -0.2) is 46.4 Å². The summed E-state index contributed by atoms with van der Waals surface area (Å²) in [6.45, 7) is 4.04. The first-order chi connectivity index (χ1) is 12.4. The van der Waals surface area contributed by atoms with Gasteiger partial charge in [-0.25, -0.2) is 18.3 Å². The summed E-state index contributed by atoms with van der Waals surface area (Å²) < 4.78 is 33.2. The molecule has 1 saturated heterocycles. The lowest BCUT2D eigenvalue weighted by molar-refractivity contribution is -0.122. The zero-order valence-corrected chi connectivity index (χ0v) is 14.3. The van der Waals surface area contributed by atoms with Crippen LogP contribution in [0, 0.1) is 18.6 Å². The summed E-state index contributed by atoms with van der Waals surface area (Å²) in [5.74, 6) is -1.74. The van der Waals surface area contributed by atoms with Crippen LogP contribution in [0.1, 0.15) is 24.2 Å². The third kappa shape index (κ3) is 3.51. The van der Waals surface area contributed by atoms with Crippen molar-refractivity contribution in [3.05, 3.63) is 47.3 Å². The lowest BCUT2D eigenvalue weighted by Gasteiger charge is -2.17. The molecule has 0 unspecified atom stereocenters. The minimum Gasteiger partial charge on any atom is -0.448 e. The molecule has 1 aliphatic heterocycles. The number of nitrogens with one attached hydrogen (secondary N) is 1. The summed E-state index contributed by atoms with van der Waals surface area (Å²) in [5, 5.41) is 6.92. The number of ether oxygens (including phenoxy) is 1. The fraction of sp³-hybridized carbons (Fsp3) is 0.353. The highest BCUT2D eigenvalue weighted by atomic mass is 19.1. The van der Waals surface area contributed by atoms with Crippen molar-refractivity contribution in [2.24, 2.45) is 0 Å². The Morgan fingerprint density at radius 3 is 2.85 bits per heavy atom. The number of carbonyl (C=O) groups excluding carboxylic acids is 2. The average molecular weight is 364 g/mol. The quantitative estimate of drug-likeness (QED) is 0.881. The monoisotopic (exact) mass is 364 g/mol. The van der Waals surface area contributed by atoms with Gasteiger partial charge in [-0.15, -0.1) is 0 Å². The summed E-state index contributed by atoms with van der Waals surface area (Å²) in [6, 6.07) is 2.84. The van der Waals surface area contributed by atoms with Crippen LogP contribution >= 0.6 is 0 Å². The molecular formula is C17H18F2N4O3. The zero-order valence-electron chi connectivity index (χ0n) is 14.3. The second-order valence-electron chi connectivity index (χ2n) is 6.02. The number of aromatic nitrogens is 2. The molecule has 1 N–H and O–H groups in total. The van der Waals surface area contributed by atoms with Gasteiger partial charge in [0.25, 0.3) is 0 Å². The number of benzene rings is 1. The highest BCUT2D eigenvalue weighted by Crippen LogP contribution is 2.22. The largest absolute Gasteiger partial charge is 0.448 e. The number of nitrogens with zero attached hydrogens (tertiary/aromatic N) is 3. The Morgan fingerprint density at radius 1 is 1.42 bits per heavy atom. The molecule has 3 rings (SSSR count). The van der Waals surface area contributed by atoms with Gasteiger partial charge in [-0.3, -0.25) is 9.69 Å². The molecule has 26 heavy (non-hydrogen) atoms. The Balaban J connectivity index is 1.72. The smallest absolute Gasteiger partial charge is 0.410 e. The molecule has 0 aliphatic carbocycles. The normalized spacial score (nSPS) is 15.1. The van der Waals surface area contributed by atoms with Gasteiger partial charge < -0.3 is 10.1 Å². The van der Waals surface area contributed by atoms with Crippen LogP contribution in [0.2, 0.25) is 0 Å². The van der Waals surface area contributed by atoms with Gasteiger partial charge in [0.1, 0.15) is 24.7 Å². The topological polar surface area (TPSA) is 76.5 Å². The molecular weight excluding hydrogens is 346 g/mol. The SMILES string of the molecule is Cc1c([C@H](C)NC(=O)CN2CCOC2=O)cnn1-c1ccc(F)cc1F. The molecule has 9 heteroatoms. The van der Waals surface area contributed by atoms with Crippen molar-refractivity contribution in [1.29, 1.82) is 0 Å². The Hall–Kier alpha value is -2.97. The van der Waals surface area contributed by atoms with E-state index in [9.17, 15) is 18.4 Å². The summed E-state index contributed by atoms with van der Waals surface area (Å²) in [5.41, 5.74) is 1.42. The van der Waals surface area contributed by atoms with E-state index in [1.807, 2.05) is 0 Å². The van der Waals surface area contributed by atoms with Gasteiger partial charge in [-0.1, -0.05) is 0 Å². The molecule has 2 heterocycles. The molecule has 1 aromatic heterocycles. The van der Waals surface area contributed by atoms with Crippen LogP contribution in [-0.2, 0) is 9.53 Å². The van der Waals surface area contributed by atoms with Crippen molar-refractivity contribution in [2.75, 3.05) is 19.7 Å². The van der Waals surface area contributed by atoms with Crippen molar-refractivity contribution in [1.82, 2.24) is 20.0 Å².